The highest BCUT2D eigenvalue weighted by atomic mass is 79.9. The summed E-state index contributed by atoms with van der Waals surface area (Å²) < 4.78 is 1.03. The van der Waals surface area contributed by atoms with Gasteiger partial charge in [0.25, 0.3) is 0 Å². The molecule has 108 valence electrons. The van der Waals surface area contributed by atoms with Crippen LogP contribution in [0.25, 0.3) is 0 Å². The molecule has 0 radical (unpaired) electrons. The molecule has 1 saturated carbocycles. The largest absolute Gasteiger partial charge is 0.332 e. The quantitative estimate of drug-likeness (QED) is 0.892. The molecule has 1 heterocycles. The van der Waals surface area contributed by atoms with E-state index in [-0.39, 0.29) is 11.6 Å². The Bertz CT molecular complexity index is 641. The average molecular weight is 346 g/mol. The SMILES string of the molecule is O=C(NCc1ccccn1)NC1(c2cccc(Br)c2)CC1. The first-order valence-corrected chi connectivity index (χ1v) is 7.69. The third kappa shape index (κ3) is 3.42. The Morgan fingerprint density at radius 3 is 2.76 bits per heavy atom. The van der Waals surface area contributed by atoms with Gasteiger partial charge >= 0.3 is 6.03 Å². The molecule has 1 fully saturated rings. The van der Waals surface area contributed by atoms with E-state index < -0.39 is 0 Å². The molecule has 0 unspecified atom stereocenters. The van der Waals surface area contributed by atoms with Gasteiger partial charge in [-0.1, -0.05) is 34.1 Å². The maximum atomic E-state index is 12.1. The molecule has 2 aromatic rings. The summed E-state index contributed by atoms with van der Waals surface area (Å²) in [6.07, 6.45) is 3.67. The molecule has 0 spiro atoms. The molecule has 2 amide bonds. The van der Waals surface area contributed by atoms with Crippen molar-refractivity contribution in [2.75, 3.05) is 0 Å². The van der Waals surface area contributed by atoms with Crippen LogP contribution in [-0.2, 0) is 12.1 Å². The lowest BCUT2D eigenvalue weighted by Crippen LogP contribution is -2.42. The third-order valence-electron chi connectivity index (χ3n) is 3.64. The first kappa shape index (κ1) is 14.1. The Morgan fingerprint density at radius 2 is 2.10 bits per heavy atom. The number of benzene rings is 1. The fourth-order valence-electron chi connectivity index (χ4n) is 2.33. The van der Waals surface area contributed by atoms with E-state index in [2.05, 4.69) is 43.7 Å². The van der Waals surface area contributed by atoms with E-state index in [1.807, 2.05) is 30.3 Å². The minimum Gasteiger partial charge on any atom is -0.332 e. The van der Waals surface area contributed by atoms with Gasteiger partial charge in [0.05, 0.1) is 17.8 Å². The molecule has 0 aliphatic heterocycles. The van der Waals surface area contributed by atoms with Gasteiger partial charge in [0.15, 0.2) is 0 Å². The van der Waals surface area contributed by atoms with E-state index in [9.17, 15) is 4.79 Å². The second kappa shape index (κ2) is 5.85. The summed E-state index contributed by atoms with van der Waals surface area (Å²) in [4.78, 5) is 16.3. The number of rotatable bonds is 4. The second-order valence-electron chi connectivity index (χ2n) is 5.22. The van der Waals surface area contributed by atoms with Crippen molar-refractivity contribution in [2.24, 2.45) is 0 Å². The predicted octanol–water partition coefficient (Wildman–Crippen LogP) is 3.33. The van der Waals surface area contributed by atoms with Crippen LogP contribution in [-0.4, -0.2) is 11.0 Å². The highest BCUT2D eigenvalue weighted by Crippen LogP contribution is 2.45. The van der Waals surface area contributed by atoms with E-state index >= 15 is 0 Å². The summed E-state index contributed by atoms with van der Waals surface area (Å²) >= 11 is 3.47. The molecule has 1 aliphatic rings. The predicted molar refractivity (Wildman–Crippen MR) is 84.7 cm³/mol. The van der Waals surface area contributed by atoms with Crippen molar-refractivity contribution in [2.45, 2.75) is 24.9 Å². The van der Waals surface area contributed by atoms with Crippen molar-refractivity contribution in [1.29, 1.82) is 0 Å². The fraction of sp³-hybridized carbons (Fsp3) is 0.250. The minimum atomic E-state index is -0.210. The number of carbonyl (C=O) groups excluding carboxylic acids is 1. The Kier molecular flexibility index (Phi) is 3.92. The van der Waals surface area contributed by atoms with Crippen LogP contribution in [0.1, 0.15) is 24.1 Å². The summed E-state index contributed by atoms with van der Waals surface area (Å²) in [6.45, 7) is 0.432. The van der Waals surface area contributed by atoms with Crippen LogP contribution in [0.2, 0.25) is 0 Å². The van der Waals surface area contributed by atoms with Crippen LogP contribution in [0, 0.1) is 0 Å². The zero-order valence-corrected chi connectivity index (χ0v) is 13.1. The summed E-state index contributed by atoms with van der Waals surface area (Å²) in [5.74, 6) is 0. The number of urea groups is 1. The number of hydrogen-bond donors (Lipinski definition) is 2. The van der Waals surface area contributed by atoms with Crippen molar-refractivity contribution in [3.05, 3.63) is 64.4 Å². The number of amides is 2. The third-order valence-corrected chi connectivity index (χ3v) is 4.13. The average Bonchev–Trinajstić information content (AvgIpc) is 3.27. The number of carbonyl (C=O) groups is 1. The standard InChI is InChI=1S/C16H16BrN3O/c17-13-5-3-4-12(10-13)16(7-8-16)20-15(21)19-11-14-6-1-2-9-18-14/h1-6,9-10H,7-8,11H2,(H2,19,20,21). The van der Waals surface area contributed by atoms with E-state index in [1.165, 1.54) is 0 Å². The molecule has 0 atom stereocenters. The number of aromatic nitrogens is 1. The van der Waals surface area contributed by atoms with Crippen LogP contribution in [0.15, 0.2) is 53.1 Å². The van der Waals surface area contributed by atoms with E-state index in [4.69, 9.17) is 0 Å². The van der Waals surface area contributed by atoms with Gasteiger partial charge in [-0.2, -0.15) is 0 Å². The van der Waals surface area contributed by atoms with Crippen molar-refractivity contribution >= 4 is 22.0 Å². The van der Waals surface area contributed by atoms with Crippen LogP contribution < -0.4 is 10.6 Å². The lowest BCUT2D eigenvalue weighted by molar-refractivity contribution is 0.235. The normalized spacial score (nSPS) is 15.3. The molecule has 2 N–H and O–H groups in total. The molecule has 1 aliphatic carbocycles. The molecule has 5 heteroatoms. The highest BCUT2D eigenvalue weighted by Gasteiger charge is 2.45. The van der Waals surface area contributed by atoms with Gasteiger partial charge in [-0.25, -0.2) is 4.79 Å². The number of hydrogen-bond acceptors (Lipinski definition) is 2. The van der Waals surface area contributed by atoms with Gasteiger partial charge < -0.3 is 10.6 Å². The molecule has 3 rings (SSSR count). The van der Waals surface area contributed by atoms with Crippen LogP contribution in [0.4, 0.5) is 4.79 Å². The Hall–Kier alpha value is -1.88. The number of nitrogens with one attached hydrogen (secondary N) is 2. The summed E-state index contributed by atoms with van der Waals surface area (Å²) in [5.41, 5.74) is 1.78. The first-order chi connectivity index (χ1) is 10.2. The number of pyridine rings is 1. The molecule has 1 aromatic carbocycles. The van der Waals surface area contributed by atoms with Gasteiger partial charge in [-0.3, -0.25) is 4.98 Å². The first-order valence-electron chi connectivity index (χ1n) is 6.90. The maximum Gasteiger partial charge on any atom is 0.315 e. The summed E-state index contributed by atoms with van der Waals surface area (Å²) in [6, 6.07) is 13.6. The second-order valence-corrected chi connectivity index (χ2v) is 6.14. The Balaban J connectivity index is 1.60. The number of nitrogens with zero attached hydrogens (tertiary/aromatic N) is 1. The monoisotopic (exact) mass is 345 g/mol. The van der Waals surface area contributed by atoms with Gasteiger partial charge in [0.2, 0.25) is 0 Å². The zero-order chi connectivity index (χ0) is 14.7. The molecular weight excluding hydrogens is 330 g/mol. The zero-order valence-electron chi connectivity index (χ0n) is 11.5. The van der Waals surface area contributed by atoms with E-state index in [0.717, 1.165) is 28.6 Å². The fourth-order valence-corrected chi connectivity index (χ4v) is 2.73. The van der Waals surface area contributed by atoms with Gasteiger partial charge in [-0.15, -0.1) is 0 Å². The van der Waals surface area contributed by atoms with Crippen molar-refractivity contribution in [3.63, 3.8) is 0 Å². The Labute approximate surface area is 132 Å². The van der Waals surface area contributed by atoms with E-state index in [1.54, 1.807) is 6.20 Å². The van der Waals surface area contributed by atoms with Crippen LogP contribution in [0.3, 0.4) is 0 Å². The van der Waals surface area contributed by atoms with Crippen LogP contribution >= 0.6 is 15.9 Å². The topological polar surface area (TPSA) is 54.0 Å². The lowest BCUT2D eigenvalue weighted by atomic mass is 10.1. The highest BCUT2D eigenvalue weighted by molar-refractivity contribution is 9.10. The molecular formula is C16H16BrN3O. The molecule has 21 heavy (non-hydrogen) atoms. The molecule has 0 bridgehead atoms. The molecule has 1 aromatic heterocycles. The van der Waals surface area contributed by atoms with Gasteiger partial charge in [0.1, 0.15) is 0 Å². The number of halogens is 1. The maximum absolute atomic E-state index is 12.1. The summed E-state index contributed by atoms with van der Waals surface area (Å²) in [5, 5.41) is 5.94. The van der Waals surface area contributed by atoms with Crippen molar-refractivity contribution < 1.29 is 4.79 Å². The summed E-state index contributed by atoms with van der Waals surface area (Å²) in [7, 11) is 0. The molecule has 4 nitrogen and oxygen atoms in total. The van der Waals surface area contributed by atoms with E-state index in [0.29, 0.717) is 6.54 Å². The molecule has 0 saturated heterocycles. The lowest BCUT2D eigenvalue weighted by Gasteiger charge is -2.18. The van der Waals surface area contributed by atoms with Gasteiger partial charge in [0, 0.05) is 10.7 Å². The smallest absolute Gasteiger partial charge is 0.315 e. The Morgan fingerprint density at radius 1 is 1.24 bits per heavy atom. The van der Waals surface area contributed by atoms with Crippen LogP contribution in [0.5, 0.6) is 0 Å². The van der Waals surface area contributed by atoms with Gasteiger partial charge in [-0.05, 0) is 42.7 Å². The minimum absolute atomic E-state index is 0.155. The van der Waals surface area contributed by atoms with Crippen molar-refractivity contribution in [3.8, 4) is 0 Å². The van der Waals surface area contributed by atoms with Crippen molar-refractivity contribution in [1.82, 2.24) is 15.6 Å².